The smallest absolute Gasteiger partial charge is 0.137 e. The van der Waals surface area contributed by atoms with E-state index in [4.69, 9.17) is 16.7 Å². The minimum atomic E-state index is -0.0798. The van der Waals surface area contributed by atoms with E-state index in [0.717, 1.165) is 16.3 Å². The third-order valence-electron chi connectivity index (χ3n) is 2.24. The first kappa shape index (κ1) is 9.44. The molecule has 1 N–H and O–H groups in total. The number of halogens is 1. The van der Waals surface area contributed by atoms with Crippen LogP contribution in [0.3, 0.4) is 0 Å². The summed E-state index contributed by atoms with van der Waals surface area (Å²) in [5.41, 5.74) is 1.71. The van der Waals surface area contributed by atoms with Crippen LogP contribution in [-0.4, -0.2) is 10.1 Å². The Morgan fingerprint density at radius 3 is 2.93 bits per heavy atom. The SMILES string of the molecule is Cc1cccc2cc(CO)nc(Cl)c12. The second-order valence-electron chi connectivity index (χ2n) is 3.24. The van der Waals surface area contributed by atoms with Crippen molar-refractivity contribution < 1.29 is 5.11 Å². The lowest BCUT2D eigenvalue weighted by atomic mass is 10.1. The van der Waals surface area contributed by atoms with Gasteiger partial charge in [-0.25, -0.2) is 4.98 Å². The fraction of sp³-hybridized carbons (Fsp3) is 0.182. The summed E-state index contributed by atoms with van der Waals surface area (Å²) >= 11 is 6.02. The second kappa shape index (κ2) is 3.56. The third kappa shape index (κ3) is 1.47. The van der Waals surface area contributed by atoms with Crippen molar-refractivity contribution in [2.45, 2.75) is 13.5 Å². The molecule has 2 aromatic rings. The number of aryl methyl sites for hydroxylation is 1. The Hall–Kier alpha value is -1.12. The number of aromatic nitrogens is 1. The highest BCUT2D eigenvalue weighted by molar-refractivity contribution is 6.34. The van der Waals surface area contributed by atoms with Crippen LogP contribution in [0.1, 0.15) is 11.3 Å². The number of aliphatic hydroxyl groups is 1. The fourth-order valence-electron chi connectivity index (χ4n) is 1.57. The molecule has 14 heavy (non-hydrogen) atoms. The highest BCUT2D eigenvalue weighted by Gasteiger charge is 2.05. The van der Waals surface area contributed by atoms with Crippen LogP contribution >= 0.6 is 11.6 Å². The van der Waals surface area contributed by atoms with E-state index in [2.05, 4.69) is 4.98 Å². The van der Waals surface area contributed by atoms with Gasteiger partial charge in [-0.3, -0.25) is 0 Å². The number of nitrogens with zero attached hydrogens (tertiary/aromatic N) is 1. The number of fused-ring (bicyclic) bond motifs is 1. The van der Waals surface area contributed by atoms with E-state index in [0.29, 0.717) is 10.8 Å². The van der Waals surface area contributed by atoms with Gasteiger partial charge in [-0.1, -0.05) is 29.8 Å². The van der Waals surface area contributed by atoms with Crippen molar-refractivity contribution in [2.24, 2.45) is 0 Å². The first-order valence-electron chi connectivity index (χ1n) is 4.38. The van der Waals surface area contributed by atoms with Gasteiger partial charge >= 0.3 is 0 Å². The second-order valence-corrected chi connectivity index (χ2v) is 3.59. The summed E-state index contributed by atoms with van der Waals surface area (Å²) in [6.45, 7) is 1.91. The number of pyridine rings is 1. The molecule has 1 aromatic heterocycles. The monoisotopic (exact) mass is 207 g/mol. The summed E-state index contributed by atoms with van der Waals surface area (Å²) < 4.78 is 0. The normalized spacial score (nSPS) is 10.8. The predicted molar refractivity (Wildman–Crippen MR) is 57.4 cm³/mol. The van der Waals surface area contributed by atoms with E-state index in [-0.39, 0.29) is 6.61 Å². The molecule has 0 saturated heterocycles. The minimum absolute atomic E-state index is 0.0798. The molecule has 0 saturated carbocycles. The lowest BCUT2D eigenvalue weighted by Crippen LogP contribution is -1.91. The van der Waals surface area contributed by atoms with Crippen molar-refractivity contribution in [1.82, 2.24) is 4.98 Å². The van der Waals surface area contributed by atoms with Gasteiger partial charge in [0.05, 0.1) is 12.3 Å². The van der Waals surface area contributed by atoms with Crippen LogP contribution in [0.4, 0.5) is 0 Å². The molecule has 0 aliphatic heterocycles. The molecule has 0 spiro atoms. The molecule has 0 atom stereocenters. The van der Waals surface area contributed by atoms with Crippen LogP contribution in [0, 0.1) is 6.92 Å². The topological polar surface area (TPSA) is 33.1 Å². The van der Waals surface area contributed by atoms with Crippen molar-refractivity contribution in [2.75, 3.05) is 0 Å². The Kier molecular flexibility index (Phi) is 2.40. The number of hydrogen-bond acceptors (Lipinski definition) is 2. The van der Waals surface area contributed by atoms with Crippen LogP contribution < -0.4 is 0 Å². The van der Waals surface area contributed by atoms with E-state index in [1.54, 1.807) is 0 Å². The van der Waals surface area contributed by atoms with Crippen molar-refractivity contribution in [3.05, 3.63) is 40.7 Å². The Bertz CT molecular complexity index is 482. The van der Waals surface area contributed by atoms with Gasteiger partial charge in [0, 0.05) is 5.39 Å². The molecule has 1 heterocycles. The zero-order valence-corrected chi connectivity index (χ0v) is 8.54. The van der Waals surface area contributed by atoms with Crippen molar-refractivity contribution >= 4 is 22.4 Å². The zero-order chi connectivity index (χ0) is 10.1. The van der Waals surface area contributed by atoms with Crippen LogP contribution in [-0.2, 0) is 6.61 Å². The van der Waals surface area contributed by atoms with Gasteiger partial charge in [-0.2, -0.15) is 0 Å². The molecule has 72 valence electrons. The van der Waals surface area contributed by atoms with Crippen LogP contribution in [0.5, 0.6) is 0 Å². The van der Waals surface area contributed by atoms with E-state index >= 15 is 0 Å². The molecule has 3 heteroatoms. The summed E-state index contributed by atoms with van der Waals surface area (Å²) in [6.07, 6.45) is 0. The van der Waals surface area contributed by atoms with Crippen molar-refractivity contribution in [1.29, 1.82) is 0 Å². The lowest BCUT2D eigenvalue weighted by molar-refractivity contribution is 0.277. The van der Waals surface area contributed by atoms with Gasteiger partial charge in [0.1, 0.15) is 5.15 Å². The average molecular weight is 208 g/mol. The van der Waals surface area contributed by atoms with E-state index < -0.39 is 0 Å². The molecule has 0 radical (unpaired) electrons. The van der Waals surface area contributed by atoms with Crippen molar-refractivity contribution in [3.8, 4) is 0 Å². The Labute approximate surface area is 87.2 Å². The Morgan fingerprint density at radius 1 is 1.43 bits per heavy atom. The van der Waals surface area contributed by atoms with Gasteiger partial charge in [0.25, 0.3) is 0 Å². The minimum Gasteiger partial charge on any atom is -0.390 e. The van der Waals surface area contributed by atoms with E-state index in [9.17, 15) is 0 Å². The van der Waals surface area contributed by atoms with Crippen molar-refractivity contribution in [3.63, 3.8) is 0 Å². The summed E-state index contributed by atoms with van der Waals surface area (Å²) in [5.74, 6) is 0. The van der Waals surface area contributed by atoms with Crippen LogP contribution in [0.25, 0.3) is 10.8 Å². The molecule has 1 aromatic carbocycles. The summed E-state index contributed by atoms with van der Waals surface area (Å²) in [6, 6.07) is 7.78. The first-order valence-corrected chi connectivity index (χ1v) is 4.76. The molecule has 0 aliphatic carbocycles. The molecule has 0 aliphatic rings. The van der Waals surface area contributed by atoms with E-state index in [1.165, 1.54) is 0 Å². The quantitative estimate of drug-likeness (QED) is 0.730. The molecule has 2 nitrogen and oxygen atoms in total. The van der Waals surface area contributed by atoms with E-state index in [1.807, 2.05) is 31.2 Å². The largest absolute Gasteiger partial charge is 0.390 e. The Morgan fingerprint density at radius 2 is 2.21 bits per heavy atom. The average Bonchev–Trinajstić information content (AvgIpc) is 2.17. The molecular formula is C11H10ClNO. The molecule has 0 fully saturated rings. The Balaban J connectivity index is 2.83. The number of aliphatic hydroxyl groups excluding tert-OH is 1. The number of hydrogen-bond donors (Lipinski definition) is 1. The van der Waals surface area contributed by atoms with Crippen LogP contribution in [0.15, 0.2) is 24.3 Å². The highest BCUT2D eigenvalue weighted by Crippen LogP contribution is 2.25. The number of benzene rings is 1. The number of rotatable bonds is 1. The molecule has 0 bridgehead atoms. The third-order valence-corrected chi connectivity index (χ3v) is 2.51. The standard InChI is InChI=1S/C11H10ClNO/c1-7-3-2-4-8-5-9(6-14)13-11(12)10(7)8/h2-5,14H,6H2,1H3. The maximum absolute atomic E-state index is 8.97. The molecule has 0 amide bonds. The zero-order valence-electron chi connectivity index (χ0n) is 7.79. The van der Waals surface area contributed by atoms with Gasteiger partial charge in [0.15, 0.2) is 0 Å². The van der Waals surface area contributed by atoms with Gasteiger partial charge < -0.3 is 5.11 Å². The van der Waals surface area contributed by atoms with Gasteiger partial charge in [-0.15, -0.1) is 0 Å². The maximum Gasteiger partial charge on any atom is 0.137 e. The molecular weight excluding hydrogens is 198 g/mol. The predicted octanol–water partition coefficient (Wildman–Crippen LogP) is 2.69. The summed E-state index contributed by atoms with van der Waals surface area (Å²) in [4.78, 5) is 4.10. The molecule has 2 rings (SSSR count). The van der Waals surface area contributed by atoms with Crippen LogP contribution in [0.2, 0.25) is 5.15 Å². The maximum atomic E-state index is 8.97. The lowest BCUT2D eigenvalue weighted by Gasteiger charge is -2.05. The molecule has 0 unspecified atom stereocenters. The highest BCUT2D eigenvalue weighted by atomic mass is 35.5. The summed E-state index contributed by atoms with van der Waals surface area (Å²) in [7, 11) is 0. The summed E-state index contributed by atoms with van der Waals surface area (Å²) in [5, 5.41) is 11.4. The van der Waals surface area contributed by atoms with Gasteiger partial charge in [-0.05, 0) is 23.9 Å². The fourth-order valence-corrected chi connectivity index (χ4v) is 1.93. The van der Waals surface area contributed by atoms with Gasteiger partial charge in [0.2, 0.25) is 0 Å². The first-order chi connectivity index (χ1) is 6.72.